The molecule has 0 N–H and O–H groups in total. The predicted molar refractivity (Wildman–Crippen MR) is 112 cm³/mol. The van der Waals surface area contributed by atoms with Crippen molar-refractivity contribution in [2.24, 2.45) is 5.92 Å². The number of alkyl halides is 1. The molecule has 2 aliphatic rings. The zero-order chi connectivity index (χ0) is 19.8. The molecule has 0 bridgehead atoms. The Kier molecular flexibility index (Phi) is 5.46. The number of amides is 1. The fourth-order valence-electron chi connectivity index (χ4n) is 3.81. The van der Waals surface area contributed by atoms with Gasteiger partial charge in [-0.1, -0.05) is 28.1 Å². The number of aryl methyl sites for hydroxylation is 1. The van der Waals surface area contributed by atoms with E-state index in [1.807, 2.05) is 24.0 Å². The quantitative estimate of drug-likeness (QED) is 0.543. The van der Waals surface area contributed by atoms with Crippen LogP contribution in [0.2, 0.25) is 0 Å². The molecule has 28 heavy (non-hydrogen) atoms. The predicted octanol–water partition coefficient (Wildman–Crippen LogP) is 5.58. The van der Waals surface area contributed by atoms with Crippen LogP contribution in [-0.2, 0) is 11.8 Å². The van der Waals surface area contributed by atoms with Crippen LogP contribution in [0, 0.1) is 18.7 Å². The van der Waals surface area contributed by atoms with Crippen molar-refractivity contribution in [1.82, 2.24) is 4.90 Å². The molecular weight excluding hydrogens is 421 g/mol. The summed E-state index contributed by atoms with van der Waals surface area (Å²) >= 11 is 3.51. The smallest absolute Gasteiger partial charge is 0.254 e. The van der Waals surface area contributed by atoms with E-state index in [1.54, 1.807) is 13.0 Å². The topological polar surface area (TPSA) is 29.5 Å². The summed E-state index contributed by atoms with van der Waals surface area (Å²) in [5, 5.41) is 0.681. The molecule has 0 saturated heterocycles. The number of benzene rings is 2. The largest absolute Gasteiger partial charge is 0.493 e. The van der Waals surface area contributed by atoms with Gasteiger partial charge in [0.25, 0.3) is 5.91 Å². The highest BCUT2D eigenvalue weighted by atomic mass is 79.9. The van der Waals surface area contributed by atoms with Crippen LogP contribution >= 0.6 is 15.9 Å². The molecule has 1 amide bonds. The van der Waals surface area contributed by atoms with Gasteiger partial charge >= 0.3 is 0 Å². The van der Waals surface area contributed by atoms with E-state index in [4.69, 9.17) is 4.74 Å². The van der Waals surface area contributed by atoms with Crippen LogP contribution in [-0.4, -0.2) is 24.0 Å². The molecule has 4 rings (SSSR count). The zero-order valence-electron chi connectivity index (χ0n) is 16.3. The molecular formula is C23H25BrFNO2. The molecule has 0 unspecified atom stereocenters. The van der Waals surface area contributed by atoms with E-state index >= 15 is 0 Å². The standard InChI is InChI=1S/C23H25BrFNO2/c1-14-9-18(5-6-21(14)25)15(2)26-8-7-19-20(23(26)27)10-17(12-24)11-22(19)28-13-16-3-4-16/h5-6,9-11,15-16H,3-4,7-8,12-13H2,1-2H3/t15-/m0/s1. The van der Waals surface area contributed by atoms with Crippen LogP contribution in [0.5, 0.6) is 5.75 Å². The van der Waals surface area contributed by atoms with Crippen LogP contribution in [0.4, 0.5) is 4.39 Å². The normalized spacial score (nSPS) is 17.4. The van der Waals surface area contributed by atoms with Gasteiger partial charge in [-0.15, -0.1) is 0 Å². The Morgan fingerprint density at radius 1 is 1.29 bits per heavy atom. The van der Waals surface area contributed by atoms with Gasteiger partial charge in [0.1, 0.15) is 11.6 Å². The van der Waals surface area contributed by atoms with Crippen LogP contribution in [0.3, 0.4) is 0 Å². The number of halogens is 2. The second-order valence-corrected chi connectivity index (χ2v) is 8.50. The lowest BCUT2D eigenvalue weighted by Crippen LogP contribution is -2.39. The Hall–Kier alpha value is -1.88. The zero-order valence-corrected chi connectivity index (χ0v) is 17.9. The number of carbonyl (C=O) groups is 1. The molecule has 1 aliphatic carbocycles. The van der Waals surface area contributed by atoms with Crippen LogP contribution in [0.15, 0.2) is 30.3 Å². The first-order chi connectivity index (χ1) is 13.5. The van der Waals surface area contributed by atoms with Gasteiger partial charge in [-0.3, -0.25) is 4.79 Å². The number of fused-ring (bicyclic) bond motifs is 1. The summed E-state index contributed by atoms with van der Waals surface area (Å²) < 4.78 is 19.7. The molecule has 5 heteroatoms. The Morgan fingerprint density at radius 2 is 2.07 bits per heavy atom. The fraction of sp³-hybridized carbons (Fsp3) is 0.435. The van der Waals surface area contributed by atoms with E-state index in [1.165, 1.54) is 18.9 Å². The maximum Gasteiger partial charge on any atom is 0.254 e. The first-order valence-electron chi connectivity index (χ1n) is 9.89. The Balaban J connectivity index is 1.63. The van der Waals surface area contributed by atoms with E-state index < -0.39 is 0 Å². The second-order valence-electron chi connectivity index (χ2n) is 7.94. The van der Waals surface area contributed by atoms with Gasteiger partial charge in [0.05, 0.1) is 12.6 Å². The van der Waals surface area contributed by atoms with Crippen LogP contribution in [0.25, 0.3) is 0 Å². The minimum Gasteiger partial charge on any atom is -0.493 e. The van der Waals surface area contributed by atoms with Crippen molar-refractivity contribution in [1.29, 1.82) is 0 Å². The molecule has 0 aromatic heterocycles. The van der Waals surface area contributed by atoms with Crippen LogP contribution in [0.1, 0.15) is 58.4 Å². The molecule has 1 heterocycles. The van der Waals surface area contributed by atoms with Crippen molar-refractivity contribution in [3.63, 3.8) is 0 Å². The number of nitrogens with zero attached hydrogens (tertiary/aromatic N) is 1. The maximum atomic E-state index is 13.6. The molecule has 2 aromatic rings. The van der Waals surface area contributed by atoms with Gasteiger partial charge < -0.3 is 9.64 Å². The number of hydrogen-bond acceptors (Lipinski definition) is 2. The molecule has 0 spiro atoms. The molecule has 1 atom stereocenters. The highest BCUT2D eigenvalue weighted by Gasteiger charge is 2.32. The van der Waals surface area contributed by atoms with Gasteiger partial charge in [0.2, 0.25) is 0 Å². The summed E-state index contributed by atoms with van der Waals surface area (Å²) in [5.74, 6) is 1.33. The number of ether oxygens (including phenoxy) is 1. The third-order valence-electron chi connectivity index (χ3n) is 5.82. The lowest BCUT2D eigenvalue weighted by molar-refractivity contribution is 0.0670. The average molecular weight is 446 g/mol. The summed E-state index contributed by atoms with van der Waals surface area (Å²) in [5.41, 5.74) is 4.36. The number of rotatable bonds is 6. The monoisotopic (exact) mass is 445 g/mol. The van der Waals surface area contributed by atoms with E-state index in [0.717, 1.165) is 41.0 Å². The summed E-state index contributed by atoms with van der Waals surface area (Å²) in [6.45, 7) is 5.14. The van der Waals surface area contributed by atoms with Gasteiger partial charge in [0.15, 0.2) is 0 Å². The van der Waals surface area contributed by atoms with Crippen molar-refractivity contribution in [3.05, 3.63) is 64.0 Å². The first kappa shape index (κ1) is 19.4. The van der Waals surface area contributed by atoms with Gasteiger partial charge in [-0.2, -0.15) is 0 Å². The third-order valence-corrected chi connectivity index (χ3v) is 6.47. The Bertz CT molecular complexity index is 910. The number of hydrogen-bond donors (Lipinski definition) is 0. The molecule has 2 aromatic carbocycles. The number of carbonyl (C=O) groups excluding carboxylic acids is 1. The molecule has 3 nitrogen and oxygen atoms in total. The van der Waals surface area contributed by atoms with Crippen molar-refractivity contribution in [3.8, 4) is 5.75 Å². The maximum absolute atomic E-state index is 13.6. The Morgan fingerprint density at radius 3 is 2.75 bits per heavy atom. The SMILES string of the molecule is Cc1cc([C@H](C)N2CCc3c(OCC4CC4)cc(CBr)cc3C2=O)ccc1F. The van der Waals surface area contributed by atoms with E-state index in [0.29, 0.717) is 23.4 Å². The van der Waals surface area contributed by atoms with Gasteiger partial charge in [0, 0.05) is 23.0 Å². The molecule has 148 valence electrons. The summed E-state index contributed by atoms with van der Waals surface area (Å²) in [4.78, 5) is 15.2. The minimum absolute atomic E-state index is 0.0230. The molecule has 1 saturated carbocycles. The molecule has 0 radical (unpaired) electrons. The van der Waals surface area contributed by atoms with Crippen molar-refractivity contribution < 1.29 is 13.9 Å². The van der Waals surface area contributed by atoms with Crippen LogP contribution < -0.4 is 4.74 Å². The van der Waals surface area contributed by atoms with Gasteiger partial charge in [-0.25, -0.2) is 4.39 Å². The molecule has 1 fully saturated rings. The summed E-state index contributed by atoms with van der Waals surface area (Å²) in [6, 6.07) is 9.02. The highest BCUT2D eigenvalue weighted by Crippen LogP contribution is 2.36. The summed E-state index contributed by atoms with van der Waals surface area (Å²) in [7, 11) is 0. The molecule has 1 aliphatic heterocycles. The van der Waals surface area contributed by atoms with Crippen molar-refractivity contribution in [2.45, 2.75) is 44.5 Å². The highest BCUT2D eigenvalue weighted by molar-refractivity contribution is 9.08. The second kappa shape index (κ2) is 7.86. The van der Waals surface area contributed by atoms with E-state index in [-0.39, 0.29) is 17.8 Å². The van der Waals surface area contributed by atoms with Gasteiger partial charge in [-0.05, 0) is 73.9 Å². The minimum atomic E-state index is -0.217. The summed E-state index contributed by atoms with van der Waals surface area (Å²) in [6.07, 6.45) is 3.25. The lowest BCUT2D eigenvalue weighted by Gasteiger charge is -2.35. The van der Waals surface area contributed by atoms with E-state index in [2.05, 4.69) is 22.0 Å². The third kappa shape index (κ3) is 3.82. The fourth-order valence-corrected chi connectivity index (χ4v) is 4.14. The van der Waals surface area contributed by atoms with Crippen molar-refractivity contribution in [2.75, 3.05) is 13.2 Å². The van der Waals surface area contributed by atoms with E-state index in [9.17, 15) is 9.18 Å². The first-order valence-corrected chi connectivity index (χ1v) is 11.0. The average Bonchev–Trinajstić information content (AvgIpc) is 3.52. The van der Waals surface area contributed by atoms with Crippen molar-refractivity contribution >= 4 is 21.8 Å². The lowest BCUT2D eigenvalue weighted by atomic mass is 9.93. The Labute approximate surface area is 174 Å².